The van der Waals surface area contributed by atoms with Crippen molar-refractivity contribution in [1.82, 2.24) is 15.0 Å². The second-order valence-electron chi connectivity index (χ2n) is 7.89. The first kappa shape index (κ1) is 23.7. The summed E-state index contributed by atoms with van der Waals surface area (Å²) in [4.78, 5) is 25.5. The molecule has 1 unspecified atom stereocenters. The normalized spacial score (nSPS) is 11.4. The molecule has 0 bridgehead atoms. The molecule has 0 spiro atoms. The molecule has 7 heteroatoms. The molecule has 35 heavy (non-hydrogen) atoms. The van der Waals surface area contributed by atoms with Crippen LogP contribution in [-0.2, 0) is 6.42 Å². The van der Waals surface area contributed by atoms with Crippen LogP contribution in [-0.4, -0.2) is 25.8 Å². The quantitative estimate of drug-likeness (QED) is 0.333. The monoisotopic (exact) mass is 466 g/mol. The van der Waals surface area contributed by atoms with E-state index in [0.717, 1.165) is 0 Å². The first-order valence-electron chi connectivity index (χ1n) is 11.0. The van der Waals surface area contributed by atoms with Crippen LogP contribution in [0.2, 0.25) is 0 Å². The Morgan fingerprint density at radius 1 is 1.09 bits per heavy atom. The molecule has 0 amide bonds. The highest BCUT2D eigenvalue weighted by Crippen LogP contribution is 2.28. The summed E-state index contributed by atoms with van der Waals surface area (Å²) in [6.07, 6.45) is 0.390. The van der Waals surface area contributed by atoms with Crippen molar-refractivity contribution < 1.29 is 14.3 Å². The number of pyridine rings is 1. The number of benzene rings is 2. The van der Waals surface area contributed by atoms with Crippen molar-refractivity contribution >= 4 is 11.6 Å². The van der Waals surface area contributed by atoms with E-state index in [0.29, 0.717) is 51.6 Å². The maximum Gasteiger partial charge on any atom is 0.195 e. The number of carbonyl (C=O) groups excluding carboxylic acids is 1. The van der Waals surface area contributed by atoms with Gasteiger partial charge in [-0.1, -0.05) is 61.2 Å². The Labute approximate surface area is 202 Å². The number of halogens is 1. The fraction of sp³-hybridized carbons (Fsp3) is 0.143. The number of nitrogens with zero attached hydrogens (tertiary/aromatic N) is 3. The Hall–Kier alpha value is -4.41. The lowest BCUT2D eigenvalue weighted by Gasteiger charge is -2.13. The molecular formula is C28H23FN4O2. The molecule has 0 aliphatic carbocycles. The molecule has 0 fully saturated rings. The number of nitrogens with two attached hydrogens (primary N) is 1. The number of hydrogen-bond donors (Lipinski definition) is 2. The lowest BCUT2D eigenvalue weighted by atomic mass is 9.96. The van der Waals surface area contributed by atoms with Gasteiger partial charge >= 0.3 is 0 Å². The van der Waals surface area contributed by atoms with Gasteiger partial charge in [0.05, 0.1) is 22.6 Å². The standard InChI is InChI=1S/C28H23FN4O2/c1-3-24-22(13-9-18-11-14-25(30)33-17(18)2)26(32-16-31-24)20-10-12-21(23(29)15-20)28(35)27(34)19-7-5-4-6-8-19/h4-8,10-12,14-16,28,35H,3H2,1-2H3,(H2,30,33). The van der Waals surface area contributed by atoms with Gasteiger partial charge in [0.1, 0.15) is 24.1 Å². The van der Waals surface area contributed by atoms with Gasteiger partial charge in [-0.15, -0.1) is 0 Å². The van der Waals surface area contributed by atoms with Crippen LogP contribution in [0.5, 0.6) is 0 Å². The molecule has 2 aromatic carbocycles. The fourth-order valence-corrected chi connectivity index (χ4v) is 3.68. The number of aliphatic hydroxyl groups is 1. The highest BCUT2D eigenvalue weighted by Gasteiger charge is 2.23. The average Bonchev–Trinajstić information content (AvgIpc) is 2.87. The van der Waals surface area contributed by atoms with Crippen LogP contribution in [0.3, 0.4) is 0 Å². The van der Waals surface area contributed by atoms with E-state index in [4.69, 9.17) is 5.73 Å². The lowest BCUT2D eigenvalue weighted by molar-refractivity contribution is 0.0740. The van der Waals surface area contributed by atoms with E-state index in [1.807, 2.05) is 13.8 Å². The third-order valence-electron chi connectivity index (χ3n) is 5.57. The molecule has 0 aliphatic heterocycles. The highest BCUT2D eigenvalue weighted by atomic mass is 19.1. The molecule has 4 aromatic rings. The Kier molecular flexibility index (Phi) is 6.95. The summed E-state index contributed by atoms with van der Waals surface area (Å²) in [5, 5.41) is 10.5. The molecule has 6 nitrogen and oxygen atoms in total. The van der Waals surface area contributed by atoms with E-state index in [-0.39, 0.29) is 5.56 Å². The SMILES string of the molecule is CCc1ncnc(-c2ccc(C(O)C(=O)c3ccccc3)c(F)c2)c1C#Cc1ccc(N)nc1C. The van der Waals surface area contributed by atoms with E-state index >= 15 is 4.39 Å². The summed E-state index contributed by atoms with van der Waals surface area (Å²) in [6.45, 7) is 3.77. The van der Waals surface area contributed by atoms with Crippen molar-refractivity contribution in [2.45, 2.75) is 26.4 Å². The Morgan fingerprint density at radius 3 is 2.54 bits per heavy atom. The van der Waals surface area contributed by atoms with Gasteiger partial charge < -0.3 is 10.8 Å². The number of ketones is 1. The third kappa shape index (κ3) is 5.08. The number of Topliss-reactive ketones (excluding diaryl/α,β-unsaturated/α-hetero) is 1. The predicted octanol–water partition coefficient (Wildman–Crippen LogP) is 4.45. The summed E-state index contributed by atoms with van der Waals surface area (Å²) >= 11 is 0. The zero-order valence-electron chi connectivity index (χ0n) is 19.3. The van der Waals surface area contributed by atoms with Crippen molar-refractivity contribution in [1.29, 1.82) is 0 Å². The van der Waals surface area contributed by atoms with Gasteiger partial charge in [-0.3, -0.25) is 4.79 Å². The zero-order valence-corrected chi connectivity index (χ0v) is 19.3. The molecule has 0 saturated carbocycles. The number of aliphatic hydroxyl groups excluding tert-OH is 1. The maximum atomic E-state index is 15.1. The third-order valence-corrected chi connectivity index (χ3v) is 5.57. The molecule has 174 valence electrons. The zero-order chi connectivity index (χ0) is 24.9. The van der Waals surface area contributed by atoms with Crippen LogP contribution in [0.1, 0.15) is 51.5 Å². The van der Waals surface area contributed by atoms with Crippen LogP contribution in [0.4, 0.5) is 10.2 Å². The largest absolute Gasteiger partial charge is 0.384 e. The molecule has 0 radical (unpaired) electrons. The van der Waals surface area contributed by atoms with Gasteiger partial charge in [-0.05, 0) is 31.5 Å². The minimum atomic E-state index is -1.62. The minimum Gasteiger partial charge on any atom is -0.384 e. The van der Waals surface area contributed by atoms with E-state index in [2.05, 4.69) is 26.8 Å². The molecule has 4 rings (SSSR count). The minimum absolute atomic E-state index is 0.108. The Morgan fingerprint density at radius 2 is 1.86 bits per heavy atom. The van der Waals surface area contributed by atoms with Crippen LogP contribution in [0, 0.1) is 24.6 Å². The van der Waals surface area contributed by atoms with E-state index < -0.39 is 17.7 Å². The molecule has 1 atom stereocenters. The summed E-state index contributed by atoms with van der Waals surface area (Å²) in [5.41, 5.74) is 9.52. The Balaban J connectivity index is 1.73. The predicted molar refractivity (Wildman–Crippen MR) is 132 cm³/mol. The molecule has 0 saturated heterocycles. The highest BCUT2D eigenvalue weighted by molar-refractivity contribution is 5.99. The van der Waals surface area contributed by atoms with Crippen molar-refractivity contribution in [3.05, 3.63) is 106 Å². The van der Waals surface area contributed by atoms with Crippen molar-refractivity contribution in [2.24, 2.45) is 0 Å². The van der Waals surface area contributed by atoms with E-state index in [1.54, 1.807) is 48.5 Å². The number of hydrogen-bond acceptors (Lipinski definition) is 6. The molecule has 3 N–H and O–H groups in total. The fourth-order valence-electron chi connectivity index (χ4n) is 3.68. The summed E-state index contributed by atoms with van der Waals surface area (Å²) < 4.78 is 15.1. The van der Waals surface area contributed by atoms with Gasteiger partial charge in [0.25, 0.3) is 0 Å². The molecule has 2 aromatic heterocycles. The summed E-state index contributed by atoms with van der Waals surface area (Å²) in [6, 6.07) is 16.0. The molecule has 2 heterocycles. The average molecular weight is 467 g/mol. The van der Waals surface area contributed by atoms with E-state index in [9.17, 15) is 9.90 Å². The summed E-state index contributed by atoms with van der Waals surface area (Å²) in [5.74, 6) is 5.33. The van der Waals surface area contributed by atoms with Gasteiger partial charge in [0, 0.05) is 22.3 Å². The molecule has 0 aliphatic rings. The summed E-state index contributed by atoms with van der Waals surface area (Å²) in [7, 11) is 0. The first-order valence-corrected chi connectivity index (χ1v) is 11.0. The van der Waals surface area contributed by atoms with Crippen molar-refractivity contribution in [3.8, 4) is 23.1 Å². The van der Waals surface area contributed by atoms with Crippen LogP contribution in [0.15, 0.2) is 67.0 Å². The second-order valence-corrected chi connectivity index (χ2v) is 7.89. The maximum absolute atomic E-state index is 15.1. The number of aromatic nitrogens is 3. The van der Waals surface area contributed by atoms with Gasteiger partial charge in [-0.2, -0.15) is 0 Å². The van der Waals surface area contributed by atoms with E-state index in [1.165, 1.54) is 18.5 Å². The van der Waals surface area contributed by atoms with Gasteiger partial charge in [0.15, 0.2) is 5.78 Å². The smallest absolute Gasteiger partial charge is 0.195 e. The van der Waals surface area contributed by atoms with Gasteiger partial charge in [0.2, 0.25) is 0 Å². The number of rotatable bonds is 5. The first-order chi connectivity index (χ1) is 16.9. The number of anilines is 1. The van der Waals surface area contributed by atoms with Crippen molar-refractivity contribution in [2.75, 3.05) is 5.73 Å². The Bertz CT molecular complexity index is 1460. The number of nitrogen functional groups attached to an aromatic ring is 1. The van der Waals surface area contributed by atoms with Crippen LogP contribution < -0.4 is 5.73 Å². The number of aryl methyl sites for hydroxylation is 2. The number of carbonyl (C=O) groups is 1. The van der Waals surface area contributed by atoms with Gasteiger partial charge in [-0.25, -0.2) is 19.3 Å². The molecular weight excluding hydrogens is 443 g/mol. The van der Waals surface area contributed by atoms with Crippen LogP contribution in [0.25, 0.3) is 11.3 Å². The topological polar surface area (TPSA) is 102 Å². The second kappa shape index (κ2) is 10.2. The lowest BCUT2D eigenvalue weighted by Crippen LogP contribution is -2.14. The van der Waals surface area contributed by atoms with Crippen molar-refractivity contribution in [3.63, 3.8) is 0 Å². The van der Waals surface area contributed by atoms with Crippen LogP contribution >= 0.6 is 0 Å².